The number of hydrogen-bond donors (Lipinski definition) is 1. The van der Waals surface area contributed by atoms with Crippen LogP contribution in [0.1, 0.15) is 11.3 Å². The summed E-state index contributed by atoms with van der Waals surface area (Å²) in [6.07, 6.45) is 1.65. The van der Waals surface area contributed by atoms with Gasteiger partial charge in [0.25, 0.3) is 0 Å². The first-order valence-electron chi connectivity index (χ1n) is 2.94. The van der Waals surface area contributed by atoms with Crippen molar-refractivity contribution in [3.8, 4) is 5.75 Å². The minimum atomic E-state index is 0.207. The molecule has 3 heteroatoms. The average Bonchev–Trinajstić information content (AvgIpc) is 1.95. The predicted octanol–water partition coefficient (Wildman–Crippen LogP) is 1.83. The third-order valence-electron chi connectivity index (χ3n) is 1.27. The highest BCUT2D eigenvalue weighted by Gasteiger charge is 1.96. The summed E-state index contributed by atoms with van der Waals surface area (Å²) in [6, 6.07) is 1.62. The van der Waals surface area contributed by atoms with Gasteiger partial charge in [-0.3, -0.25) is 4.98 Å². The monoisotopic (exact) mass is 157 g/mol. The van der Waals surface area contributed by atoms with Gasteiger partial charge < -0.3 is 5.11 Å². The standard InChI is InChI=1S/C7H8ClNO/c1-5-7(10)2-6(3-8)4-9-5/h2,4,10H,3H2,1H3. The molecule has 0 aromatic carbocycles. The topological polar surface area (TPSA) is 33.1 Å². The summed E-state index contributed by atoms with van der Waals surface area (Å²) in [5.41, 5.74) is 1.47. The molecule has 1 aromatic heterocycles. The van der Waals surface area contributed by atoms with Gasteiger partial charge in [0.1, 0.15) is 5.75 Å². The van der Waals surface area contributed by atoms with Crippen molar-refractivity contribution >= 4 is 11.6 Å². The summed E-state index contributed by atoms with van der Waals surface area (Å²) in [5.74, 6) is 0.596. The fraction of sp³-hybridized carbons (Fsp3) is 0.286. The Bertz CT molecular complexity index is 237. The summed E-state index contributed by atoms with van der Waals surface area (Å²) in [4.78, 5) is 3.92. The molecule has 1 rings (SSSR count). The molecule has 0 fully saturated rings. The number of rotatable bonds is 1. The zero-order valence-corrected chi connectivity index (χ0v) is 6.39. The second kappa shape index (κ2) is 2.88. The van der Waals surface area contributed by atoms with E-state index < -0.39 is 0 Å². The molecule has 0 saturated carbocycles. The Hall–Kier alpha value is -0.760. The van der Waals surface area contributed by atoms with Crippen LogP contribution in [0.3, 0.4) is 0 Å². The molecule has 2 nitrogen and oxygen atoms in total. The highest BCUT2D eigenvalue weighted by atomic mass is 35.5. The molecule has 10 heavy (non-hydrogen) atoms. The van der Waals surface area contributed by atoms with Gasteiger partial charge in [-0.25, -0.2) is 0 Å². The molecule has 0 radical (unpaired) electrons. The quantitative estimate of drug-likeness (QED) is 0.631. The summed E-state index contributed by atoms with van der Waals surface area (Å²) in [7, 11) is 0. The fourth-order valence-corrected chi connectivity index (χ4v) is 0.782. The number of alkyl halides is 1. The molecule has 0 aliphatic carbocycles. The minimum absolute atomic E-state index is 0.207. The van der Waals surface area contributed by atoms with Gasteiger partial charge in [0.15, 0.2) is 0 Å². The lowest BCUT2D eigenvalue weighted by Crippen LogP contribution is -1.84. The van der Waals surface area contributed by atoms with Crippen molar-refractivity contribution in [2.75, 3.05) is 0 Å². The number of hydrogen-bond acceptors (Lipinski definition) is 2. The third kappa shape index (κ3) is 1.39. The Morgan fingerprint density at radius 1 is 1.70 bits per heavy atom. The molecule has 1 heterocycles. The van der Waals surface area contributed by atoms with E-state index in [0.29, 0.717) is 11.6 Å². The maximum atomic E-state index is 9.11. The van der Waals surface area contributed by atoms with Gasteiger partial charge >= 0.3 is 0 Å². The van der Waals surface area contributed by atoms with Crippen LogP contribution in [-0.4, -0.2) is 10.1 Å². The summed E-state index contributed by atoms with van der Waals surface area (Å²) in [5, 5.41) is 9.11. The molecule has 0 aliphatic heterocycles. The number of aromatic nitrogens is 1. The fourth-order valence-electron chi connectivity index (χ4n) is 0.636. The normalized spacial score (nSPS) is 9.80. The molecule has 0 bridgehead atoms. The minimum Gasteiger partial charge on any atom is -0.506 e. The van der Waals surface area contributed by atoms with Crippen LogP contribution >= 0.6 is 11.6 Å². The van der Waals surface area contributed by atoms with Gasteiger partial charge in [0.05, 0.1) is 5.69 Å². The van der Waals surface area contributed by atoms with Crippen LogP contribution in [0.5, 0.6) is 5.75 Å². The van der Waals surface area contributed by atoms with E-state index in [0.717, 1.165) is 5.56 Å². The van der Waals surface area contributed by atoms with E-state index in [1.165, 1.54) is 0 Å². The summed E-state index contributed by atoms with van der Waals surface area (Å²) >= 11 is 5.50. The molecule has 0 saturated heterocycles. The zero-order chi connectivity index (χ0) is 7.56. The van der Waals surface area contributed by atoms with Crippen LogP contribution in [0.25, 0.3) is 0 Å². The predicted molar refractivity (Wildman–Crippen MR) is 40.2 cm³/mol. The van der Waals surface area contributed by atoms with Crippen molar-refractivity contribution < 1.29 is 5.11 Å². The van der Waals surface area contributed by atoms with Crippen molar-refractivity contribution in [3.05, 3.63) is 23.5 Å². The van der Waals surface area contributed by atoms with Gasteiger partial charge in [0, 0.05) is 12.1 Å². The van der Waals surface area contributed by atoms with Gasteiger partial charge in [-0.1, -0.05) is 0 Å². The van der Waals surface area contributed by atoms with E-state index in [1.807, 2.05) is 0 Å². The molecule has 0 amide bonds. The van der Waals surface area contributed by atoms with Gasteiger partial charge in [-0.05, 0) is 18.6 Å². The molecular formula is C7H8ClNO. The van der Waals surface area contributed by atoms with Crippen LogP contribution in [0, 0.1) is 6.92 Å². The van der Waals surface area contributed by atoms with E-state index >= 15 is 0 Å². The summed E-state index contributed by atoms with van der Waals surface area (Å²) < 4.78 is 0. The van der Waals surface area contributed by atoms with Gasteiger partial charge in [-0.15, -0.1) is 11.6 Å². The molecule has 0 aliphatic rings. The summed E-state index contributed by atoms with van der Waals surface area (Å²) in [6.45, 7) is 1.74. The van der Waals surface area contributed by atoms with E-state index in [4.69, 9.17) is 16.7 Å². The SMILES string of the molecule is Cc1ncc(CCl)cc1O. The first-order chi connectivity index (χ1) is 4.74. The second-order valence-corrected chi connectivity index (χ2v) is 2.35. The molecule has 0 unspecified atom stereocenters. The smallest absolute Gasteiger partial charge is 0.137 e. The van der Waals surface area contributed by atoms with Crippen LogP contribution in [0.2, 0.25) is 0 Å². The van der Waals surface area contributed by atoms with Crippen molar-refractivity contribution in [1.29, 1.82) is 0 Å². The van der Waals surface area contributed by atoms with Crippen molar-refractivity contribution in [3.63, 3.8) is 0 Å². The number of nitrogens with zero attached hydrogens (tertiary/aromatic N) is 1. The molecule has 1 aromatic rings. The van der Waals surface area contributed by atoms with Crippen molar-refractivity contribution in [1.82, 2.24) is 4.98 Å². The Balaban J connectivity index is 3.04. The Kier molecular flexibility index (Phi) is 2.12. The maximum absolute atomic E-state index is 9.11. The first kappa shape index (κ1) is 7.35. The molecule has 0 spiro atoms. The highest BCUT2D eigenvalue weighted by Crippen LogP contribution is 2.15. The number of pyridine rings is 1. The lowest BCUT2D eigenvalue weighted by Gasteiger charge is -1.98. The van der Waals surface area contributed by atoms with Crippen LogP contribution in [0.4, 0.5) is 0 Å². The zero-order valence-electron chi connectivity index (χ0n) is 5.63. The highest BCUT2D eigenvalue weighted by molar-refractivity contribution is 6.17. The van der Waals surface area contributed by atoms with Crippen molar-refractivity contribution in [2.45, 2.75) is 12.8 Å². The van der Waals surface area contributed by atoms with E-state index in [1.54, 1.807) is 19.2 Å². The number of aryl methyl sites for hydroxylation is 1. The molecule has 0 atom stereocenters. The van der Waals surface area contributed by atoms with Crippen LogP contribution in [0.15, 0.2) is 12.3 Å². The average molecular weight is 158 g/mol. The van der Waals surface area contributed by atoms with Crippen LogP contribution < -0.4 is 0 Å². The number of aromatic hydroxyl groups is 1. The van der Waals surface area contributed by atoms with E-state index in [-0.39, 0.29) is 5.75 Å². The Morgan fingerprint density at radius 2 is 2.40 bits per heavy atom. The van der Waals surface area contributed by atoms with Gasteiger partial charge in [0.2, 0.25) is 0 Å². The van der Waals surface area contributed by atoms with Gasteiger partial charge in [-0.2, -0.15) is 0 Å². The third-order valence-corrected chi connectivity index (χ3v) is 1.58. The molecular weight excluding hydrogens is 150 g/mol. The van der Waals surface area contributed by atoms with Crippen molar-refractivity contribution in [2.24, 2.45) is 0 Å². The largest absolute Gasteiger partial charge is 0.506 e. The lowest BCUT2D eigenvalue weighted by atomic mass is 10.2. The number of halogens is 1. The van der Waals surface area contributed by atoms with Crippen LogP contribution in [-0.2, 0) is 5.88 Å². The maximum Gasteiger partial charge on any atom is 0.137 e. The second-order valence-electron chi connectivity index (χ2n) is 2.08. The van der Waals surface area contributed by atoms with E-state index in [2.05, 4.69) is 4.98 Å². The molecule has 54 valence electrons. The van der Waals surface area contributed by atoms with E-state index in [9.17, 15) is 0 Å². The molecule has 1 N–H and O–H groups in total. The first-order valence-corrected chi connectivity index (χ1v) is 3.48. The Morgan fingerprint density at radius 3 is 2.90 bits per heavy atom. The lowest BCUT2D eigenvalue weighted by molar-refractivity contribution is 0.467. The Labute approximate surface area is 64.5 Å².